The first-order valence-electron chi connectivity index (χ1n) is 6.85. The predicted octanol–water partition coefficient (Wildman–Crippen LogP) is 3.28. The normalized spacial score (nSPS) is 12.3. The van der Waals surface area contributed by atoms with Crippen LogP contribution in [-0.2, 0) is 16.1 Å². The zero-order valence-corrected chi connectivity index (χ0v) is 11.9. The highest BCUT2D eigenvalue weighted by molar-refractivity contribution is 5.70. The molecule has 0 unspecified atom stereocenters. The topological polar surface area (TPSA) is 55.0 Å². The van der Waals surface area contributed by atoms with Crippen LogP contribution in [0.5, 0.6) is 0 Å². The largest absolute Gasteiger partial charge is 0.461 e. The van der Waals surface area contributed by atoms with E-state index in [9.17, 15) is 4.79 Å². The number of aromatic nitrogens is 2. The molecular weight excluding hydrogens is 252 g/mol. The molecule has 0 radical (unpaired) electrons. The summed E-state index contributed by atoms with van der Waals surface area (Å²) in [5, 5.41) is 0. The number of imidazole rings is 1. The van der Waals surface area contributed by atoms with Crippen LogP contribution in [0.2, 0.25) is 0 Å². The maximum absolute atomic E-state index is 12.0. The van der Waals surface area contributed by atoms with Crippen LogP contribution < -0.4 is 0 Å². The number of ether oxygens (including phenoxy) is 1. The van der Waals surface area contributed by atoms with Crippen molar-refractivity contribution in [2.45, 2.75) is 32.8 Å². The molecule has 0 amide bonds. The lowest BCUT2D eigenvalue weighted by molar-refractivity contribution is -0.145. The number of nitrogens with one attached hydrogen (secondary N) is 1. The average Bonchev–Trinajstić information content (AvgIpc) is 2.97. The van der Waals surface area contributed by atoms with Gasteiger partial charge in [-0.15, -0.1) is 0 Å². The van der Waals surface area contributed by atoms with Crippen molar-refractivity contribution in [2.75, 3.05) is 0 Å². The van der Waals surface area contributed by atoms with Crippen LogP contribution in [-0.4, -0.2) is 15.9 Å². The summed E-state index contributed by atoms with van der Waals surface area (Å²) in [6.45, 7) is 4.48. The minimum Gasteiger partial charge on any atom is -0.461 e. The Bertz CT molecular complexity index is 521. The summed E-state index contributed by atoms with van der Waals surface area (Å²) < 4.78 is 5.33. The zero-order chi connectivity index (χ0) is 14.4. The van der Waals surface area contributed by atoms with Crippen molar-refractivity contribution in [1.82, 2.24) is 9.97 Å². The van der Waals surface area contributed by atoms with E-state index in [2.05, 4.69) is 23.8 Å². The molecule has 0 spiro atoms. The molecule has 1 aromatic carbocycles. The Hall–Kier alpha value is -2.10. The fourth-order valence-electron chi connectivity index (χ4n) is 2.10. The van der Waals surface area contributed by atoms with Gasteiger partial charge in [0, 0.05) is 18.3 Å². The van der Waals surface area contributed by atoms with Crippen LogP contribution in [0.4, 0.5) is 0 Å². The second-order valence-corrected chi connectivity index (χ2v) is 5.18. The van der Waals surface area contributed by atoms with Crippen LogP contribution in [0.3, 0.4) is 0 Å². The number of hydrogen-bond acceptors (Lipinski definition) is 3. The standard InChI is InChI=1S/C16H20N2O2/c1-12(2)14(16-17-8-9-18-16)10-15(19)20-11-13-6-4-3-5-7-13/h3-9,12,14H,10-11H2,1-2H3,(H,17,18)/t14-/m0/s1. The van der Waals surface area contributed by atoms with E-state index in [-0.39, 0.29) is 11.9 Å². The van der Waals surface area contributed by atoms with Crippen LogP contribution in [0.15, 0.2) is 42.7 Å². The number of benzene rings is 1. The smallest absolute Gasteiger partial charge is 0.306 e. The number of carbonyl (C=O) groups is 1. The molecule has 0 bridgehead atoms. The van der Waals surface area contributed by atoms with Crippen molar-refractivity contribution >= 4 is 5.97 Å². The molecule has 2 aromatic rings. The first-order valence-corrected chi connectivity index (χ1v) is 6.85. The molecule has 1 heterocycles. The molecule has 0 aliphatic carbocycles. The molecule has 0 fully saturated rings. The number of H-pyrrole nitrogens is 1. The number of hydrogen-bond donors (Lipinski definition) is 1. The molecule has 4 heteroatoms. The summed E-state index contributed by atoms with van der Waals surface area (Å²) in [5.74, 6) is 1.04. The van der Waals surface area contributed by atoms with E-state index in [1.54, 1.807) is 12.4 Å². The molecule has 20 heavy (non-hydrogen) atoms. The zero-order valence-electron chi connectivity index (χ0n) is 11.9. The van der Waals surface area contributed by atoms with E-state index in [1.807, 2.05) is 30.3 Å². The summed E-state index contributed by atoms with van der Waals surface area (Å²) in [7, 11) is 0. The molecule has 1 aromatic heterocycles. The van der Waals surface area contributed by atoms with Gasteiger partial charge in [-0.05, 0) is 11.5 Å². The molecule has 0 saturated carbocycles. The van der Waals surface area contributed by atoms with Gasteiger partial charge >= 0.3 is 5.97 Å². The third-order valence-corrected chi connectivity index (χ3v) is 3.30. The quantitative estimate of drug-likeness (QED) is 0.821. The van der Waals surface area contributed by atoms with E-state index < -0.39 is 0 Å². The van der Waals surface area contributed by atoms with Gasteiger partial charge in [0.25, 0.3) is 0 Å². The van der Waals surface area contributed by atoms with E-state index in [4.69, 9.17) is 4.74 Å². The molecular formula is C16H20N2O2. The van der Waals surface area contributed by atoms with Crippen molar-refractivity contribution in [2.24, 2.45) is 5.92 Å². The van der Waals surface area contributed by atoms with Crippen LogP contribution >= 0.6 is 0 Å². The third-order valence-electron chi connectivity index (χ3n) is 3.30. The van der Waals surface area contributed by atoms with E-state index in [0.717, 1.165) is 11.4 Å². The van der Waals surface area contributed by atoms with Gasteiger partial charge in [-0.3, -0.25) is 4.79 Å². The average molecular weight is 272 g/mol. The lowest BCUT2D eigenvalue weighted by atomic mass is 9.92. The SMILES string of the molecule is CC(C)[C@H](CC(=O)OCc1ccccc1)c1ncc[nH]1. The molecule has 0 saturated heterocycles. The number of esters is 1. The Labute approximate surface area is 119 Å². The van der Waals surface area contributed by atoms with Crippen molar-refractivity contribution < 1.29 is 9.53 Å². The first-order chi connectivity index (χ1) is 9.66. The minimum atomic E-state index is -0.191. The monoisotopic (exact) mass is 272 g/mol. The number of nitrogens with zero attached hydrogens (tertiary/aromatic N) is 1. The van der Waals surface area contributed by atoms with Gasteiger partial charge in [-0.1, -0.05) is 44.2 Å². The summed E-state index contributed by atoms with van der Waals surface area (Å²) in [6.07, 6.45) is 3.83. The van der Waals surface area contributed by atoms with Gasteiger partial charge < -0.3 is 9.72 Å². The minimum absolute atomic E-state index is 0.0632. The molecule has 0 aliphatic rings. The van der Waals surface area contributed by atoms with Crippen LogP contribution in [0, 0.1) is 5.92 Å². The molecule has 1 atom stereocenters. The highest BCUT2D eigenvalue weighted by atomic mass is 16.5. The van der Waals surface area contributed by atoms with Gasteiger partial charge in [-0.2, -0.15) is 0 Å². The Balaban J connectivity index is 1.89. The Morgan fingerprint density at radius 3 is 2.65 bits per heavy atom. The number of rotatable bonds is 6. The van der Waals surface area contributed by atoms with Crippen LogP contribution in [0.25, 0.3) is 0 Å². The first kappa shape index (κ1) is 14.3. The van der Waals surface area contributed by atoms with Crippen molar-refractivity contribution in [1.29, 1.82) is 0 Å². The second kappa shape index (κ2) is 6.89. The van der Waals surface area contributed by atoms with E-state index in [1.165, 1.54) is 0 Å². The lowest BCUT2D eigenvalue weighted by Crippen LogP contribution is -2.16. The van der Waals surface area contributed by atoms with Crippen molar-refractivity contribution in [3.8, 4) is 0 Å². The van der Waals surface area contributed by atoms with Crippen molar-refractivity contribution in [3.05, 3.63) is 54.1 Å². The van der Waals surface area contributed by atoms with Gasteiger partial charge in [0.1, 0.15) is 12.4 Å². The van der Waals surface area contributed by atoms with Crippen LogP contribution in [0.1, 0.15) is 37.6 Å². The van der Waals surface area contributed by atoms with E-state index in [0.29, 0.717) is 18.9 Å². The second-order valence-electron chi connectivity index (χ2n) is 5.18. The molecule has 106 valence electrons. The van der Waals surface area contributed by atoms with Gasteiger partial charge in [0.05, 0.1) is 6.42 Å². The van der Waals surface area contributed by atoms with E-state index >= 15 is 0 Å². The number of carbonyl (C=O) groups excluding carboxylic acids is 1. The summed E-state index contributed by atoms with van der Waals surface area (Å²) in [6, 6.07) is 9.70. The lowest BCUT2D eigenvalue weighted by Gasteiger charge is -2.17. The van der Waals surface area contributed by atoms with Crippen molar-refractivity contribution in [3.63, 3.8) is 0 Å². The maximum atomic E-state index is 12.0. The molecule has 1 N–H and O–H groups in total. The molecule has 4 nitrogen and oxygen atoms in total. The predicted molar refractivity (Wildman–Crippen MR) is 77.0 cm³/mol. The Morgan fingerprint density at radius 2 is 2.05 bits per heavy atom. The highest BCUT2D eigenvalue weighted by Gasteiger charge is 2.22. The number of aromatic amines is 1. The molecule has 2 rings (SSSR count). The summed E-state index contributed by atoms with van der Waals surface area (Å²) in [4.78, 5) is 19.3. The summed E-state index contributed by atoms with van der Waals surface area (Å²) in [5.41, 5.74) is 1.000. The third kappa shape index (κ3) is 3.95. The fraction of sp³-hybridized carbons (Fsp3) is 0.375. The summed E-state index contributed by atoms with van der Waals surface area (Å²) >= 11 is 0. The Morgan fingerprint density at radius 1 is 1.30 bits per heavy atom. The van der Waals surface area contributed by atoms with Gasteiger partial charge in [0.2, 0.25) is 0 Å². The van der Waals surface area contributed by atoms with Gasteiger partial charge in [-0.25, -0.2) is 4.98 Å². The fourth-order valence-corrected chi connectivity index (χ4v) is 2.10. The Kier molecular flexibility index (Phi) is 4.93. The molecule has 0 aliphatic heterocycles. The maximum Gasteiger partial charge on any atom is 0.306 e. The highest BCUT2D eigenvalue weighted by Crippen LogP contribution is 2.25. The van der Waals surface area contributed by atoms with Gasteiger partial charge in [0.15, 0.2) is 0 Å².